The normalized spacial score (nSPS) is 23.3. The van der Waals surface area contributed by atoms with Crippen molar-refractivity contribution in [1.82, 2.24) is 9.80 Å². The summed E-state index contributed by atoms with van der Waals surface area (Å²) in [5, 5.41) is 10.2. The monoisotopic (exact) mass is 380 g/mol. The van der Waals surface area contributed by atoms with Crippen LogP contribution in [0.2, 0.25) is 0 Å². The fraction of sp³-hybridized carbons (Fsp3) is 0.500. The van der Waals surface area contributed by atoms with E-state index in [1.165, 1.54) is 37.9 Å². The molecule has 0 aromatic heterocycles. The molecule has 0 aliphatic carbocycles. The van der Waals surface area contributed by atoms with E-state index in [-0.39, 0.29) is 0 Å². The van der Waals surface area contributed by atoms with Crippen molar-refractivity contribution in [2.24, 2.45) is 5.41 Å². The van der Waals surface area contributed by atoms with Crippen LogP contribution in [-0.2, 0) is 13.0 Å². The van der Waals surface area contributed by atoms with Gasteiger partial charge in [0.15, 0.2) is 0 Å². The first-order valence-electron chi connectivity index (χ1n) is 10.5. The number of nitrogens with zero attached hydrogens (tertiary/aromatic N) is 2. The quantitative estimate of drug-likeness (QED) is 0.824. The summed E-state index contributed by atoms with van der Waals surface area (Å²) in [4.78, 5) is 5.18. The molecule has 4 heteroatoms. The first-order valence-corrected chi connectivity index (χ1v) is 10.5. The maximum absolute atomic E-state index is 10.2. The Kier molecular flexibility index (Phi) is 5.88. The lowest BCUT2D eigenvalue weighted by molar-refractivity contribution is 0.0927. The molecule has 2 fully saturated rings. The Bertz CT molecular complexity index is 779. The van der Waals surface area contributed by atoms with Gasteiger partial charge in [0.05, 0.1) is 7.11 Å². The van der Waals surface area contributed by atoms with Crippen molar-refractivity contribution in [2.75, 3.05) is 39.8 Å². The van der Waals surface area contributed by atoms with Gasteiger partial charge in [0.1, 0.15) is 11.5 Å². The van der Waals surface area contributed by atoms with Gasteiger partial charge in [0.2, 0.25) is 0 Å². The summed E-state index contributed by atoms with van der Waals surface area (Å²) >= 11 is 0. The zero-order valence-electron chi connectivity index (χ0n) is 16.9. The van der Waals surface area contributed by atoms with Crippen molar-refractivity contribution in [3.8, 4) is 11.5 Å². The maximum Gasteiger partial charge on any atom is 0.120 e. The Morgan fingerprint density at radius 1 is 1.00 bits per heavy atom. The average Bonchev–Trinajstić information content (AvgIpc) is 3.10. The number of likely N-dealkylation sites (tertiary alicyclic amines) is 2. The van der Waals surface area contributed by atoms with Crippen molar-refractivity contribution in [2.45, 2.75) is 32.2 Å². The average molecular weight is 381 g/mol. The van der Waals surface area contributed by atoms with Crippen molar-refractivity contribution in [3.05, 3.63) is 59.7 Å². The highest BCUT2D eigenvalue weighted by molar-refractivity contribution is 5.39. The summed E-state index contributed by atoms with van der Waals surface area (Å²) < 4.78 is 5.33. The van der Waals surface area contributed by atoms with E-state index in [0.29, 0.717) is 11.2 Å². The van der Waals surface area contributed by atoms with E-state index in [2.05, 4.69) is 40.1 Å². The van der Waals surface area contributed by atoms with Crippen LogP contribution in [0.3, 0.4) is 0 Å². The fourth-order valence-corrected chi connectivity index (χ4v) is 4.99. The first-order chi connectivity index (χ1) is 13.7. The van der Waals surface area contributed by atoms with E-state index in [0.717, 1.165) is 43.9 Å². The van der Waals surface area contributed by atoms with Gasteiger partial charge in [0.25, 0.3) is 0 Å². The van der Waals surface area contributed by atoms with Gasteiger partial charge in [-0.25, -0.2) is 0 Å². The molecule has 150 valence electrons. The van der Waals surface area contributed by atoms with E-state index >= 15 is 0 Å². The lowest BCUT2D eigenvalue weighted by Crippen LogP contribution is -2.45. The van der Waals surface area contributed by atoms with Crippen LogP contribution in [0, 0.1) is 5.41 Å². The third kappa shape index (κ3) is 4.50. The predicted octanol–water partition coefficient (Wildman–Crippen LogP) is 3.93. The van der Waals surface area contributed by atoms with E-state index < -0.39 is 0 Å². The highest BCUT2D eigenvalue weighted by atomic mass is 16.5. The number of phenolic OH excluding ortho intramolecular Hbond substituents is 1. The Labute approximate surface area is 168 Å². The summed E-state index contributed by atoms with van der Waals surface area (Å²) in [7, 11) is 1.67. The van der Waals surface area contributed by atoms with Gasteiger partial charge in [-0.15, -0.1) is 0 Å². The molecule has 2 aromatic carbocycles. The highest BCUT2D eigenvalue weighted by Crippen LogP contribution is 2.40. The first kappa shape index (κ1) is 19.3. The summed E-state index contributed by atoms with van der Waals surface area (Å²) in [6.07, 6.45) is 5.03. The van der Waals surface area contributed by atoms with E-state index in [1.54, 1.807) is 13.2 Å². The molecular weight excluding hydrogens is 348 g/mol. The van der Waals surface area contributed by atoms with Gasteiger partial charge in [-0.3, -0.25) is 4.90 Å². The number of aromatic hydroxyl groups is 1. The number of ether oxygens (including phenoxy) is 1. The van der Waals surface area contributed by atoms with Crippen LogP contribution in [-0.4, -0.2) is 54.7 Å². The molecular formula is C24H32N2O2. The molecule has 1 atom stereocenters. The molecule has 2 aliphatic heterocycles. The van der Waals surface area contributed by atoms with Crippen molar-refractivity contribution in [3.63, 3.8) is 0 Å². The maximum atomic E-state index is 10.2. The molecule has 2 heterocycles. The zero-order valence-corrected chi connectivity index (χ0v) is 16.9. The number of hydrogen-bond donors (Lipinski definition) is 1. The molecule has 0 bridgehead atoms. The second-order valence-electron chi connectivity index (χ2n) is 8.57. The van der Waals surface area contributed by atoms with Gasteiger partial charge in [-0.1, -0.05) is 30.3 Å². The van der Waals surface area contributed by atoms with Crippen molar-refractivity contribution >= 4 is 0 Å². The topological polar surface area (TPSA) is 35.9 Å². The van der Waals surface area contributed by atoms with E-state index in [9.17, 15) is 5.11 Å². The molecule has 0 saturated carbocycles. The minimum atomic E-state index is 0.370. The van der Waals surface area contributed by atoms with E-state index in [1.807, 2.05) is 12.1 Å². The van der Waals surface area contributed by atoms with Crippen LogP contribution in [0.5, 0.6) is 11.5 Å². The summed E-state index contributed by atoms with van der Waals surface area (Å²) in [6, 6.07) is 16.4. The van der Waals surface area contributed by atoms with Crippen LogP contribution in [0.25, 0.3) is 0 Å². The van der Waals surface area contributed by atoms with Crippen LogP contribution in [0.15, 0.2) is 48.5 Å². The Balaban J connectivity index is 1.34. The summed E-state index contributed by atoms with van der Waals surface area (Å²) in [6.45, 7) is 6.64. The number of methoxy groups -OCH3 is 1. The van der Waals surface area contributed by atoms with Gasteiger partial charge >= 0.3 is 0 Å². The third-order valence-electron chi connectivity index (χ3n) is 6.50. The number of benzene rings is 2. The van der Waals surface area contributed by atoms with Gasteiger partial charge in [0, 0.05) is 31.7 Å². The number of rotatable bonds is 6. The van der Waals surface area contributed by atoms with Crippen molar-refractivity contribution < 1.29 is 9.84 Å². The molecule has 28 heavy (non-hydrogen) atoms. The minimum Gasteiger partial charge on any atom is -0.508 e. The number of hydrogen-bond acceptors (Lipinski definition) is 4. The smallest absolute Gasteiger partial charge is 0.120 e. The van der Waals surface area contributed by atoms with Gasteiger partial charge in [-0.05, 0) is 68.0 Å². The lowest BCUT2D eigenvalue weighted by Gasteiger charge is -2.40. The second kappa shape index (κ2) is 8.54. The molecule has 2 aliphatic rings. The summed E-state index contributed by atoms with van der Waals surface area (Å²) in [5.41, 5.74) is 2.82. The Morgan fingerprint density at radius 3 is 2.64 bits per heavy atom. The van der Waals surface area contributed by atoms with Crippen molar-refractivity contribution in [1.29, 1.82) is 0 Å². The van der Waals surface area contributed by atoms with E-state index in [4.69, 9.17) is 4.74 Å². The van der Waals surface area contributed by atoms with Crippen LogP contribution < -0.4 is 4.74 Å². The second-order valence-corrected chi connectivity index (χ2v) is 8.57. The Morgan fingerprint density at radius 2 is 1.82 bits per heavy atom. The molecule has 1 N–H and O–H groups in total. The number of piperidine rings is 1. The molecule has 4 nitrogen and oxygen atoms in total. The molecule has 0 radical (unpaired) electrons. The largest absolute Gasteiger partial charge is 0.508 e. The molecule has 2 saturated heterocycles. The fourth-order valence-electron chi connectivity index (χ4n) is 4.99. The third-order valence-corrected chi connectivity index (χ3v) is 6.50. The molecule has 1 spiro atoms. The standard InChI is InChI=1S/C24H32N2O2/c1-28-22-8-9-23(27)21(16-22)17-26-15-12-24(19-26)11-5-13-25(18-24)14-10-20-6-3-2-4-7-20/h2-4,6-9,16,27H,5,10-15,17-19H2,1H3/t24-/m0/s1. The van der Waals surface area contributed by atoms with Gasteiger partial charge in [-0.2, -0.15) is 0 Å². The lowest BCUT2D eigenvalue weighted by atomic mass is 9.79. The molecule has 2 aromatic rings. The van der Waals surface area contributed by atoms with Gasteiger partial charge < -0.3 is 14.7 Å². The van der Waals surface area contributed by atoms with Crippen LogP contribution in [0.4, 0.5) is 0 Å². The predicted molar refractivity (Wildman–Crippen MR) is 113 cm³/mol. The molecule has 4 rings (SSSR count). The van der Waals surface area contributed by atoms with Crippen LogP contribution >= 0.6 is 0 Å². The van der Waals surface area contributed by atoms with Crippen LogP contribution in [0.1, 0.15) is 30.4 Å². The SMILES string of the molecule is COc1ccc(O)c(CN2CC[C@]3(CCCN(CCc4ccccc4)C3)C2)c1. The highest BCUT2D eigenvalue weighted by Gasteiger charge is 2.41. The zero-order chi connectivity index (χ0) is 19.4. The summed E-state index contributed by atoms with van der Waals surface area (Å²) in [5.74, 6) is 1.18. The number of phenols is 1. The molecule has 0 amide bonds. The Hall–Kier alpha value is -2.04. The minimum absolute atomic E-state index is 0.370. The molecule has 0 unspecified atom stereocenters.